The number of alkyl halides is 25. The van der Waals surface area contributed by atoms with Crippen LogP contribution in [0.1, 0.15) is 129 Å². The van der Waals surface area contributed by atoms with Crippen LogP contribution in [0.5, 0.6) is 0 Å². The van der Waals surface area contributed by atoms with Gasteiger partial charge in [0.25, 0.3) is 0 Å². The van der Waals surface area contributed by atoms with Crippen molar-refractivity contribution in [3.8, 4) is 0 Å². The summed E-state index contributed by atoms with van der Waals surface area (Å²) in [6.45, 7) is 2.11. The van der Waals surface area contributed by atoms with E-state index in [2.05, 4.69) is 6.92 Å². The minimum Gasteiger partial charge on any atom is -0.200 e. The Kier molecular flexibility index (Phi) is 18.7. The highest BCUT2D eigenvalue weighted by Crippen LogP contribution is 2.68. The molecule has 0 nitrogen and oxygen atoms in total. The summed E-state index contributed by atoms with van der Waals surface area (Å²) in [5, 5.41) is 0. The van der Waals surface area contributed by atoms with Crippen molar-refractivity contribution in [1.82, 2.24) is 0 Å². The fourth-order valence-electron chi connectivity index (χ4n) is 5.39. The van der Waals surface area contributed by atoms with E-state index in [0.29, 0.717) is 12.8 Å². The van der Waals surface area contributed by atoms with E-state index < -0.39 is 90.6 Å². The van der Waals surface area contributed by atoms with Crippen molar-refractivity contribution < 1.29 is 110 Å². The van der Waals surface area contributed by atoms with Crippen LogP contribution in [0.25, 0.3) is 0 Å². The molecule has 0 saturated heterocycles. The van der Waals surface area contributed by atoms with Gasteiger partial charge in [-0.05, 0) is 6.42 Å². The van der Waals surface area contributed by atoms with Crippen molar-refractivity contribution >= 4 is 0 Å². The second-order valence-electron chi connectivity index (χ2n) is 13.7. The lowest BCUT2D eigenvalue weighted by molar-refractivity contribution is -0.482. The van der Waals surface area contributed by atoms with Crippen LogP contribution >= 0.6 is 0 Å². The van der Waals surface area contributed by atoms with Crippen LogP contribution in [-0.2, 0) is 0 Å². The largest absolute Gasteiger partial charge is 0.460 e. The monoisotopic (exact) mass is 900 g/mol. The zero-order valence-electron chi connectivity index (χ0n) is 29.9. The molecule has 0 atom stereocenters. The molecule has 0 saturated carbocycles. The molecule has 0 heterocycles. The molecular weight excluding hydrogens is 859 g/mol. The molecular formula is C32H41F25. The van der Waals surface area contributed by atoms with E-state index in [-0.39, 0.29) is 12.8 Å². The van der Waals surface area contributed by atoms with Gasteiger partial charge in [-0.2, -0.15) is 110 Å². The molecule has 25 heteroatoms. The van der Waals surface area contributed by atoms with Gasteiger partial charge in [-0.1, -0.05) is 116 Å². The molecule has 0 N–H and O–H groups in total. The van der Waals surface area contributed by atoms with Gasteiger partial charge < -0.3 is 0 Å². The first-order valence-electron chi connectivity index (χ1n) is 17.5. The third-order valence-corrected chi connectivity index (χ3v) is 9.21. The van der Waals surface area contributed by atoms with Gasteiger partial charge in [-0.25, -0.2) is 0 Å². The third-order valence-electron chi connectivity index (χ3n) is 9.21. The predicted molar refractivity (Wildman–Crippen MR) is 154 cm³/mol. The van der Waals surface area contributed by atoms with Gasteiger partial charge in [0.05, 0.1) is 0 Å². The molecule has 0 bridgehead atoms. The number of hydrogen-bond donors (Lipinski definition) is 0. The highest BCUT2D eigenvalue weighted by molar-refractivity contribution is 5.19. The van der Waals surface area contributed by atoms with Crippen LogP contribution < -0.4 is 0 Å². The Morgan fingerprint density at radius 3 is 0.596 bits per heavy atom. The SMILES string of the molecule is CCCCCCCCCCCCCCCCCCCCC(F)(F)C(F)(F)C(F)(F)C(F)(F)C(F)(F)C(F)(F)C(F)(F)C(F)(F)C(F)(F)C(F)(F)C(F)(F)C(F)(F)F. The van der Waals surface area contributed by atoms with Gasteiger partial charge in [0.15, 0.2) is 0 Å². The van der Waals surface area contributed by atoms with Gasteiger partial charge in [0, 0.05) is 6.42 Å². The van der Waals surface area contributed by atoms with E-state index in [1.54, 1.807) is 0 Å². The minimum atomic E-state index is -9.57. The predicted octanol–water partition coefficient (Wildman–Crippen LogP) is 16.0. The molecule has 57 heavy (non-hydrogen) atoms. The van der Waals surface area contributed by atoms with Gasteiger partial charge in [-0.3, -0.25) is 0 Å². The zero-order chi connectivity index (χ0) is 45.4. The number of unbranched alkanes of at least 4 members (excludes halogenated alkanes) is 17. The van der Waals surface area contributed by atoms with Crippen molar-refractivity contribution in [3.05, 3.63) is 0 Å². The molecule has 0 aliphatic rings. The van der Waals surface area contributed by atoms with E-state index >= 15 is 0 Å². The normalized spacial score (nSPS) is 15.5. The van der Waals surface area contributed by atoms with Gasteiger partial charge in [-0.15, -0.1) is 0 Å². The molecule has 0 aromatic carbocycles. The lowest BCUT2D eigenvalue weighted by atomic mass is 9.84. The topological polar surface area (TPSA) is 0 Å². The summed E-state index contributed by atoms with van der Waals surface area (Å²) in [6, 6.07) is 0. The molecule has 0 aliphatic carbocycles. The van der Waals surface area contributed by atoms with Crippen LogP contribution in [0.15, 0.2) is 0 Å². The second kappa shape index (κ2) is 19.3. The summed E-state index contributed by atoms with van der Waals surface area (Å²) in [7, 11) is 0. The first kappa shape index (κ1) is 55.2. The van der Waals surface area contributed by atoms with Crippen LogP contribution in [0, 0.1) is 0 Å². The maximum absolute atomic E-state index is 14.1. The van der Waals surface area contributed by atoms with E-state index in [1.165, 1.54) is 19.3 Å². The Morgan fingerprint density at radius 2 is 0.386 bits per heavy atom. The zero-order valence-corrected chi connectivity index (χ0v) is 29.9. The van der Waals surface area contributed by atoms with E-state index in [4.69, 9.17) is 0 Å². The maximum atomic E-state index is 14.1. The highest BCUT2D eigenvalue weighted by atomic mass is 19.4. The van der Waals surface area contributed by atoms with Gasteiger partial charge >= 0.3 is 71.3 Å². The average molecular weight is 901 g/mol. The van der Waals surface area contributed by atoms with E-state index in [9.17, 15) is 110 Å². The molecule has 0 aromatic heterocycles. The van der Waals surface area contributed by atoms with Crippen LogP contribution in [0.4, 0.5) is 110 Å². The lowest BCUT2D eigenvalue weighted by Gasteiger charge is -2.45. The standard InChI is InChI=1S/C32H41F25/c1-2-3-4-5-6-7-8-9-10-11-12-13-14-15-16-17-18-19-20-21(33,34)22(35,36)23(37,38)24(39,40)25(41,42)26(43,44)27(45,46)28(47,48)29(49,50)30(51,52)31(53,54)32(55,56)57/h2-20H2,1H3. The third kappa shape index (κ3) is 10.6. The average Bonchev–Trinajstić information content (AvgIpc) is 3.06. The smallest absolute Gasteiger partial charge is 0.200 e. The molecule has 0 aliphatic heterocycles. The summed E-state index contributed by atoms with van der Waals surface area (Å²) in [5.41, 5.74) is 0. The van der Waals surface area contributed by atoms with Crippen molar-refractivity contribution in [1.29, 1.82) is 0 Å². The first-order valence-corrected chi connectivity index (χ1v) is 17.5. The Labute approximate surface area is 310 Å². The fourth-order valence-corrected chi connectivity index (χ4v) is 5.39. The number of rotatable bonds is 29. The molecule has 0 fully saturated rings. The molecule has 0 rings (SSSR count). The van der Waals surface area contributed by atoms with E-state index in [0.717, 1.165) is 57.8 Å². The molecule has 344 valence electrons. The number of hydrogen-bond acceptors (Lipinski definition) is 0. The van der Waals surface area contributed by atoms with E-state index in [1.807, 2.05) is 0 Å². The van der Waals surface area contributed by atoms with Crippen LogP contribution in [0.3, 0.4) is 0 Å². The lowest BCUT2D eigenvalue weighted by Crippen LogP contribution is -2.78. The Balaban J connectivity index is 5.64. The van der Waals surface area contributed by atoms with Gasteiger partial charge in [0.1, 0.15) is 0 Å². The molecule has 0 unspecified atom stereocenters. The van der Waals surface area contributed by atoms with Crippen molar-refractivity contribution in [2.24, 2.45) is 0 Å². The summed E-state index contributed by atoms with van der Waals surface area (Å²) in [5.74, 6) is -97.7. The maximum Gasteiger partial charge on any atom is 0.460 e. The van der Waals surface area contributed by atoms with Crippen molar-refractivity contribution in [3.63, 3.8) is 0 Å². The summed E-state index contributed by atoms with van der Waals surface area (Å²) < 4.78 is 340. The van der Waals surface area contributed by atoms with Crippen molar-refractivity contribution in [2.75, 3.05) is 0 Å². The fraction of sp³-hybridized carbons (Fsp3) is 1.00. The second-order valence-corrected chi connectivity index (χ2v) is 13.7. The van der Waals surface area contributed by atoms with Gasteiger partial charge in [0.2, 0.25) is 0 Å². The molecule has 0 radical (unpaired) electrons. The number of halogens is 25. The quantitative estimate of drug-likeness (QED) is 0.0518. The van der Waals surface area contributed by atoms with Crippen LogP contribution in [-0.4, -0.2) is 71.3 Å². The Hall–Kier alpha value is -1.75. The first-order chi connectivity index (χ1) is 25.3. The summed E-state index contributed by atoms with van der Waals surface area (Å²) in [6.07, 6.45) is 1.10. The summed E-state index contributed by atoms with van der Waals surface area (Å²) >= 11 is 0. The van der Waals surface area contributed by atoms with Crippen molar-refractivity contribution in [2.45, 2.75) is 200 Å². The Morgan fingerprint density at radius 1 is 0.211 bits per heavy atom. The molecule has 0 spiro atoms. The minimum absolute atomic E-state index is 0.0986. The highest BCUT2D eigenvalue weighted by Gasteiger charge is 2.99. The summed E-state index contributed by atoms with van der Waals surface area (Å²) in [4.78, 5) is 0. The molecule has 0 aromatic rings. The molecule has 0 amide bonds. The Bertz CT molecular complexity index is 1190. The van der Waals surface area contributed by atoms with Crippen LogP contribution in [0.2, 0.25) is 0 Å².